The molecule has 3 heteroatoms. The molecule has 3 aliphatic rings. The Hall–Kier alpha value is -1.35. The normalized spacial score (nSPS) is 36.0. The van der Waals surface area contributed by atoms with E-state index in [4.69, 9.17) is 4.74 Å². The highest BCUT2D eigenvalue weighted by molar-refractivity contribution is 5.93. The van der Waals surface area contributed by atoms with Gasteiger partial charge in [-0.15, -0.1) is 0 Å². The van der Waals surface area contributed by atoms with Crippen LogP contribution in [0, 0.1) is 17.8 Å². The van der Waals surface area contributed by atoms with Gasteiger partial charge in [0.15, 0.2) is 6.23 Å². The topological polar surface area (TPSA) is 38.3 Å². The van der Waals surface area contributed by atoms with E-state index in [1.54, 1.807) is 0 Å². The van der Waals surface area contributed by atoms with E-state index in [1.165, 1.54) is 25.7 Å². The van der Waals surface area contributed by atoms with Crippen molar-refractivity contribution < 1.29 is 9.53 Å². The molecular formula is C17H21NO2. The summed E-state index contributed by atoms with van der Waals surface area (Å²) >= 11 is 0. The molecule has 1 aromatic rings. The Balaban J connectivity index is 1.49. The number of hydrogen-bond donors (Lipinski definition) is 1. The third-order valence-electron chi connectivity index (χ3n) is 5.54. The molecule has 2 fully saturated rings. The van der Waals surface area contributed by atoms with Crippen LogP contribution in [0.4, 0.5) is 0 Å². The molecule has 0 amide bonds. The Morgan fingerprint density at radius 3 is 2.85 bits per heavy atom. The molecular weight excluding hydrogens is 250 g/mol. The summed E-state index contributed by atoms with van der Waals surface area (Å²) in [7, 11) is 0. The summed E-state index contributed by atoms with van der Waals surface area (Å²) in [5.74, 6) is 2.39. The van der Waals surface area contributed by atoms with Gasteiger partial charge in [-0.25, -0.2) is 4.79 Å². The van der Waals surface area contributed by atoms with Gasteiger partial charge in [0, 0.05) is 11.6 Å². The second kappa shape index (κ2) is 4.59. The van der Waals surface area contributed by atoms with Crippen LogP contribution in [0.3, 0.4) is 0 Å². The second-order valence-electron chi connectivity index (χ2n) is 6.67. The van der Waals surface area contributed by atoms with E-state index < -0.39 is 0 Å². The maximum atomic E-state index is 11.8. The molecule has 1 aliphatic heterocycles. The lowest BCUT2D eigenvalue weighted by atomic mass is 9.84. The van der Waals surface area contributed by atoms with Crippen molar-refractivity contribution in [2.45, 2.75) is 44.9 Å². The predicted octanol–water partition coefficient (Wildman–Crippen LogP) is 3.27. The van der Waals surface area contributed by atoms with Crippen LogP contribution in [0.5, 0.6) is 0 Å². The van der Waals surface area contributed by atoms with Crippen LogP contribution in [-0.4, -0.2) is 12.0 Å². The van der Waals surface area contributed by atoms with Crippen molar-refractivity contribution in [3.05, 3.63) is 35.4 Å². The highest BCUT2D eigenvalue weighted by Crippen LogP contribution is 2.49. The van der Waals surface area contributed by atoms with E-state index in [1.807, 2.05) is 24.3 Å². The third kappa shape index (κ3) is 1.87. The molecule has 2 aliphatic carbocycles. The molecule has 106 valence electrons. The van der Waals surface area contributed by atoms with Crippen molar-refractivity contribution in [1.82, 2.24) is 5.32 Å². The first-order chi connectivity index (χ1) is 9.72. The van der Waals surface area contributed by atoms with Crippen molar-refractivity contribution in [3.8, 4) is 0 Å². The number of nitrogens with one attached hydrogen (secondary N) is 1. The van der Waals surface area contributed by atoms with Gasteiger partial charge < -0.3 is 4.74 Å². The SMILES string of the molecule is CC(NC1OC(=O)c2ccccc21)C1CC2CCC1C2. The molecule has 1 aromatic carbocycles. The molecule has 0 radical (unpaired) electrons. The monoisotopic (exact) mass is 271 g/mol. The van der Waals surface area contributed by atoms with Gasteiger partial charge in [0.05, 0.1) is 5.56 Å². The summed E-state index contributed by atoms with van der Waals surface area (Å²) < 4.78 is 5.49. The van der Waals surface area contributed by atoms with Crippen molar-refractivity contribution in [1.29, 1.82) is 0 Å². The molecule has 4 rings (SSSR count). The Labute approximate surface area is 119 Å². The number of carbonyl (C=O) groups is 1. The summed E-state index contributed by atoms with van der Waals surface area (Å²) in [5, 5.41) is 3.55. The smallest absolute Gasteiger partial charge is 0.340 e. The fourth-order valence-electron chi connectivity index (χ4n) is 4.54. The minimum Gasteiger partial charge on any atom is -0.439 e. The number of ether oxygens (including phenoxy) is 1. The number of hydrogen-bond acceptors (Lipinski definition) is 3. The van der Waals surface area contributed by atoms with Crippen LogP contribution in [0.25, 0.3) is 0 Å². The van der Waals surface area contributed by atoms with Crippen molar-refractivity contribution in [2.75, 3.05) is 0 Å². The minimum absolute atomic E-state index is 0.196. The molecule has 20 heavy (non-hydrogen) atoms. The van der Waals surface area contributed by atoms with E-state index in [9.17, 15) is 4.79 Å². The largest absolute Gasteiger partial charge is 0.439 e. The first-order valence-electron chi connectivity index (χ1n) is 7.78. The average molecular weight is 271 g/mol. The number of rotatable bonds is 3. The maximum absolute atomic E-state index is 11.8. The van der Waals surface area contributed by atoms with Crippen LogP contribution in [0.15, 0.2) is 24.3 Å². The van der Waals surface area contributed by atoms with E-state index in [-0.39, 0.29) is 12.2 Å². The average Bonchev–Trinajstić information content (AvgIpc) is 3.15. The lowest BCUT2D eigenvalue weighted by molar-refractivity contribution is 0.0245. The van der Waals surface area contributed by atoms with Gasteiger partial charge in [-0.05, 0) is 50.0 Å². The van der Waals surface area contributed by atoms with Gasteiger partial charge in [-0.1, -0.05) is 24.6 Å². The van der Waals surface area contributed by atoms with Crippen LogP contribution in [0.2, 0.25) is 0 Å². The molecule has 1 N–H and O–H groups in total. The van der Waals surface area contributed by atoms with Crippen molar-refractivity contribution in [2.24, 2.45) is 17.8 Å². The molecule has 2 bridgehead atoms. The quantitative estimate of drug-likeness (QED) is 0.857. The van der Waals surface area contributed by atoms with Gasteiger partial charge in [-0.2, -0.15) is 0 Å². The maximum Gasteiger partial charge on any atom is 0.340 e. The Morgan fingerprint density at radius 2 is 2.10 bits per heavy atom. The lowest BCUT2D eigenvalue weighted by Crippen LogP contribution is -2.38. The van der Waals surface area contributed by atoms with Crippen LogP contribution in [-0.2, 0) is 4.74 Å². The number of benzene rings is 1. The van der Waals surface area contributed by atoms with E-state index in [0.29, 0.717) is 11.6 Å². The first-order valence-corrected chi connectivity index (χ1v) is 7.78. The molecule has 3 nitrogen and oxygen atoms in total. The van der Waals surface area contributed by atoms with Gasteiger partial charge in [0.1, 0.15) is 0 Å². The van der Waals surface area contributed by atoms with Crippen LogP contribution < -0.4 is 5.32 Å². The van der Waals surface area contributed by atoms with E-state index in [2.05, 4.69) is 12.2 Å². The van der Waals surface area contributed by atoms with Gasteiger partial charge in [-0.3, -0.25) is 5.32 Å². The standard InChI is InChI=1S/C17H21NO2/c1-10(15-9-11-6-7-12(15)8-11)18-16-13-4-2-3-5-14(13)17(19)20-16/h2-5,10-12,15-16,18H,6-9H2,1H3. The van der Waals surface area contributed by atoms with Crippen molar-refractivity contribution >= 4 is 5.97 Å². The predicted molar refractivity (Wildman–Crippen MR) is 76.1 cm³/mol. The molecule has 0 saturated heterocycles. The molecule has 0 spiro atoms. The zero-order valence-electron chi connectivity index (χ0n) is 11.8. The van der Waals surface area contributed by atoms with Gasteiger partial charge in [0.25, 0.3) is 0 Å². The summed E-state index contributed by atoms with van der Waals surface area (Å²) in [6.07, 6.45) is 5.32. The fourth-order valence-corrected chi connectivity index (χ4v) is 4.54. The minimum atomic E-state index is -0.257. The zero-order chi connectivity index (χ0) is 13.7. The highest BCUT2D eigenvalue weighted by Gasteiger charge is 2.43. The zero-order valence-corrected chi connectivity index (χ0v) is 11.8. The summed E-state index contributed by atoms with van der Waals surface area (Å²) in [6, 6.07) is 8.11. The summed E-state index contributed by atoms with van der Waals surface area (Å²) in [6.45, 7) is 2.25. The van der Waals surface area contributed by atoms with Crippen LogP contribution in [0.1, 0.15) is 54.8 Å². The molecule has 5 atom stereocenters. The molecule has 1 heterocycles. The van der Waals surface area contributed by atoms with Crippen LogP contribution >= 0.6 is 0 Å². The van der Waals surface area contributed by atoms with Gasteiger partial charge >= 0.3 is 5.97 Å². The molecule has 5 unspecified atom stereocenters. The Morgan fingerprint density at radius 1 is 1.25 bits per heavy atom. The van der Waals surface area contributed by atoms with Crippen molar-refractivity contribution in [3.63, 3.8) is 0 Å². The lowest BCUT2D eigenvalue weighted by Gasteiger charge is -2.30. The van der Waals surface area contributed by atoms with Gasteiger partial charge in [0.2, 0.25) is 0 Å². The summed E-state index contributed by atoms with van der Waals surface area (Å²) in [5.41, 5.74) is 1.71. The Kier molecular flexibility index (Phi) is 2.84. The molecule has 0 aromatic heterocycles. The second-order valence-corrected chi connectivity index (χ2v) is 6.67. The number of carbonyl (C=O) groups excluding carboxylic acids is 1. The number of cyclic esters (lactones) is 1. The fraction of sp³-hybridized carbons (Fsp3) is 0.588. The Bertz CT molecular complexity index is 542. The molecule has 2 saturated carbocycles. The van der Waals surface area contributed by atoms with E-state index in [0.717, 1.165) is 23.3 Å². The summed E-state index contributed by atoms with van der Waals surface area (Å²) in [4.78, 5) is 11.8. The first kappa shape index (κ1) is 12.4. The number of fused-ring (bicyclic) bond motifs is 3. The third-order valence-corrected chi connectivity index (χ3v) is 5.54. The highest BCUT2D eigenvalue weighted by atomic mass is 16.6. The van der Waals surface area contributed by atoms with E-state index >= 15 is 0 Å². The number of esters is 1.